The number of carboxylic acids is 2. The molecule has 0 heterocycles. The van der Waals surface area contributed by atoms with E-state index in [0.717, 1.165) is 29.5 Å². The van der Waals surface area contributed by atoms with E-state index in [1.54, 1.807) is 0 Å². The average Bonchev–Trinajstić information content (AvgIpc) is 3.17. The van der Waals surface area contributed by atoms with Gasteiger partial charge in [0.2, 0.25) is 0 Å². The van der Waals surface area contributed by atoms with E-state index in [0.29, 0.717) is 12.8 Å². The fraction of sp³-hybridized carbons (Fsp3) is 0.375. The van der Waals surface area contributed by atoms with Gasteiger partial charge in [-0.3, -0.25) is 14.4 Å². The monoisotopic (exact) mass is 394 g/mol. The maximum Gasteiger partial charge on any atom is 0.307 e. The van der Waals surface area contributed by atoms with Gasteiger partial charge in [0.05, 0.1) is 12.3 Å². The highest BCUT2D eigenvalue weighted by Crippen LogP contribution is 2.43. The highest BCUT2D eigenvalue weighted by molar-refractivity contribution is 5.91. The standard InChI is InChI=1S/C24H26O5/c25-21(24(16-22(26)27)12-4-5-13-24)15-20(23(28)29)14-17-8-10-19(11-9-17)18-6-2-1-3-7-18/h1-3,6-11,20H,4-5,12-16H2,(H,26,27)(H,28,29)/t20-/m1/s1. The molecule has 2 N–H and O–H groups in total. The number of aliphatic carboxylic acids is 2. The quantitative estimate of drug-likeness (QED) is 0.649. The highest BCUT2D eigenvalue weighted by atomic mass is 16.4. The van der Waals surface area contributed by atoms with E-state index in [1.165, 1.54) is 0 Å². The molecule has 1 aliphatic carbocycles. The third-order valence-corrected chi connectivity index (χ3v) is 5.97. The van der Waals surface area contributed by atoms with E-state index in [2.05, 4.69) is 0 Å². The Morgan fingerprint density at radius 1 is 0.862 bits per heavy atom. The van der Waals surface area contributed by atoms with E-state index in [-0.39, 0.29) is 25.0 Å². The lowest BCUT2D eigenvalue weighted by Crippen LogP contribution is -2.34. The molecule has 0 aliphatic heterocycles. The second-order valence-electron chi connectivity index (χ2n) is 7.99. The minimum atomic E-state index is -1.02. The Morgan fingerprint density at radius 2 is 1.45 bits per heavy atom. The molecule has 0 bridgehead atoms. The van der Waals surface area contributed by atoms with Gasteiger partial charge in [0, 0.05) is 11.8 Å². The van der Waals surface area contributed by atoms with Crippen LogP contribution in [0.3, 0.4) is 0 Å². The van der Waals surface area contributed by atoms with E-state index in [4.69, 9.17) is 0 Å². The normalized spacial score (nSPS) is 16.3. The largest absolute Gasteiger partial charge is 0.481 e. The second-order valence-corrected chi connectivity index (χ2v) is 7.99. The zero-order chi connectivity index (χ0) is 20.9. The van der Waals surface area contributed by atoms with Gasteiger partial charge in [0.1, 0.15) is 5.78 Å². The molecule has 1 atom stereocenters. The first-order chi connectivity index (χ1) is 13.9. The number of hydrogen-bond acceptors (Lipinski definition) is 3. The summed E-state index contributed by atoms with van der Waals surface area (Å²) in [4.78, 5) is 36.0. The summed E-state index contributed by atoms with van der Waals surface area (Å²) in [6.45, 7) is 0. The summed E-state index contributed by atoms with van der Waals surface area (Å²) in [6, 6.07) is 17.6. The van der Waals surface area contributed by atoms with Crippen molar-refractivity contribution in [2.24, 2.45) is 11.3 Å². The number of benzene rings is 2. The molecule has 0 radical (unpaired) electrons. The van der Waals surface area contributed by atoms with Gasteiger partial charge in [0.25, 0.3) is 0 Å². The van der Waals surface area contributed by atoms with Gasteiger partial charge in [-0.2, -0.15) is 0 Å². The number of ketones is 1. The predicted molar refractivity (Wildman–Crippen MR) is 109 cm³/mol. The van der Waals surface area contributed by atoms with Crippen LogP contribution in [0.25, 0.3) is 11.1 Å². The minimum Gasteiger partial charge on any atom is -0.481 e. The van der Waals surface area contributed by atoms with Gasteiger partial charge >= 0.3 is 11.9 Å². The molecule has 2 aromatic carbocycles. The molecule has 0 spiro atoms. The summed E-state index contributed by atoms with van der Waals surface area (Å²) >= 11 is 0. The first-order valence-electron chi connectivity index (χ1n) is 10.0. The van der Waals surface area contributed by atoms with Crippen LogP contribution in [0.5, 0.6) is 0 Å². The topological polar surface area (TPSA) is 91.7 Å². The number of rotatable bonds is 9. The van der Waals surface area contributed by atoms with Crippen LogP contribution in [0.15, 0.2) is 54.6 Å². The third kappa shape index (κ3) is 5.11. The van der Waals surface area contributed by atoms with Gasteiger partial charge < -0.3 is 10.2 Å². The van der Waals surface area contributed by atoms with Crippen molar-refractivity contribution in [3.63, 3.8) is 0 Å². The Labute approximate surface area is 170 Å². The maximum absolute atomic E-state index is 12.9. The number of carboxylic acid groups (broad SMARTS) is 2. The molecule has 0 unspecified atom stereocenters. The smallest absolute Gasteiger partial charge is 0.307 e. The molecule has 5 nitrogen and oxygen atoms in total. The van der Waals surface area contributed by atoms with E-state index in [1.807, 2.05) is 54.6 Å². The molecule has 29 heavy (non-hydrogen) atoms. The van der Waals surface area contributed by atoms with Gasteiger partial charge in [-0.25, -0.2) is 0 Å². The molecule has 152 valence electrons. The van der Waals surface area contributed by atoms with Crippen molar-refractivity contribution in [1.82, 2.24) is 0 Å². The second kappa shape index (κ2) is 9.03. The molecule has 5 heteroatoms. The zero-order valence-corrected chi connectivity index (χ0v) is 16.3. The molecule has 0 saturated heterocycles. The molecule has 3 rings (SSSR count). The number of hydrogen-bond donors (Lipinski definition) is 2. The van der Waals surface area contributed by atoms with Crippen molar-refractivity contribution < 1.29 is 24.6 Å². The van der Waals surface area contributed by atoms with Crippen LogP contribution in [0.2, 0.25) is 0 Å². The van der Waals surface area contributed by atoms with Crippen LogP contribution in [0, 0.1) is 11.3 Å². The molecule has 0 amide bonds. The fourth-order valence-electron chi connectivity index (χ4n) is 4.33. The number of carbonyl (C=O) groups excluding carboxylic acids is 1. The summed E-state index contributed by atoms with van der Waals surface area (Å²) in [5.74, 6) is -3.08. The lowest BCUT2D eigenvalue weighted by Gasteiger charge is -2.27. The van der Waals surface area contributed by atoms with E-state index in [9.17, 15) is 24.6 Å². The van der Waals surface area contributed by atoms with Crippen molar-refractivity contribution in [2.45, 2.75) is 44.9 Å². The Morgan fingerprint density at radius 3 is 2.00 bits per heavy atom. The average molecular weight is 394 g/mol. The van der Waals surface area contributed by atoms with Crippen molar-refractivity contribution in [1.29, 1.82) is 0 Å². The summed E-state index contributed by atoms with van der Waals surface area (Å²) in [5.41, 5.74) is 2.09. The van der Waals surface area contributed by atoms with Crippen molar-refractivity contribution >= 4 is 17.7 Å². The Hall–Kier alpha value is -2.95. The van der Waals surface area contributed by atoms with Gasteiger partial charge in [-0.15, -0.1) is 0 Å². The fourth-order valence-corrected chi connectivity index (χ4v) is 4.33. The number of Topliss-reactive ketones (excluding diaryl/α,β-unsaturated/α-hetero) is 1. The van der Waals surface area contributed by atoms with Crippen LogP contribution in [-0.2, 0) is 20.8 Å². The molecule has 1 aliphatic rings. The van der Waals surface area contributed by atoms with Crippen molar-refractivity contribution in [3.8, 4) is 11.1 Å². The SMILES string of the molecule is O=C(O)CC1(C(=O)C[C@@H](Cc2ccc(-c3ccccc3)cc2)C(=O)O)CCCC1. The Kier molecular flexibility index (Phi) is 6.47. The molecule has 1 fully saturated rings. The van der Waals surface area contributed by atoms with Crippen molar-refractivity contribution in [2.75, 3.05) is 0 Å². The van der Waals surface area contributed by atoms with E-state index < -0.39 is 23.3 Å². The summed E-state index contributed by atoms with van der Waals surface area (Å²) in [5, 5.41) is 18.9. The molecule has 0 aromatic heterocycles. The van der Waals surface area contributed by atoms with Gasteiger partial charge in [0.15, 0.2) is 0 Å². The Bertz CT molecular complexity index is 864. The van der Waals surface area contributed by atoms with Crippen molar-refractivity contribution in [3.05, 3.63) is 60.2 Å². The van der Waals surface area contributed by atoms with E-state index >= 15 is 0 Å². The summed E-state index contributed by atoms with van der Waals surface area (Å²) < 4.78 is 0. The highest BCUT2D eigenvalue weighted by Gasteiger charge is 2.43. The third-order valence-electron chi connectivity index (χ3n) is 5.97. The van der Waals surface area contributed by atoms with Gasteiger partial charge in [-0.05, 0) is 36.0 Å². The van der Waals surface area contributed by atoms with Crippen LogP contribution in [-0.4, -0.2) is 27.9 Å². The molecular weight excluding hydrogens is 368 g/mol. The molecule has 1 saturated carbocycles. The molecule has 2 aromatic rings. The number of carbonyl (C=O) groups is 3. The maximum atomic E-state index is 12.9. The first kappa shape index (κ1) is 20.8. The summed E-state index contributed by atoms with van der Waals surface area (Å²) in [7, 11) is 0. The van der Waals surface area contributed by atoms with Crippen LogP contribution >= 0.6 is 0 Å². The van der Waals surface area contributed by atoms with Crippen LogP contribution in [0.1, 0.15) is 44.1 Å². The first-order valence-corrected chi connectivity index (χ1v) is 10.0. The minimum absolute atomic E-state index is 0.122. The predicted octanol–water partition coefficient (Wildman–Crippen LogP) is 4.59. The lowest BCUT2D eigenvalue weighted by atomic mass is 9.75. The zero-order valence-electron chi connectivity index (χ0n) is 16.3. The summed E-state index contributed by atoms with van der Waals surface area (Å²) in [6.07, 6.45) is 2.63. The van der Waals surface area contributed by atoms with Gasteiger partial charge in [-0.1, -0.05) is 67.4 Å². The van der Waals surface area contributed by atoms with Crippen LogP contribution in [0.4, 0.5) is 0 Å². The molecular formula is C24H26O5. The Balaban J connectivity index is 1.71. The lowest BCUT2D eigenvalue weighted by molar-refractivity contribution is -0.147. The van der Waals surface area contributed by atoms with Crippen LogP contribution < -0.4 is 0 Å².